The fraction of sp³-hybridized carbons (Fsp3) is 0.412. The van der Waals surface area contributed by atoms with Gasteiger partial charge in [0.2, 0.25) is 0 Å². The fourth-order valence-electron chi connectivity index (χ4n) is 2.52. The van der Waals surface area contributed by atoms with Gasteiger partial charge in [-0.05, 0) is 36.0 Å². The quantitative estimate of drug-likeness (QED) is 0.922. The first kappa shape index (κ1) is 14.5. The van der Waals surface area contributed by atoms with Crippen molar-refractivity contribution in [2.75, 3.05) is 0 Å². The molecule has 0 bridgehead atoms. The van der Waals surface area contributed by atoms with Crippen molar-refractivity contribution in [1.29, 1.82) is 0 Å². The zero-order valence-corrected chi connectivity index (χ0v) is 12.5. The van der Waals surface area contributed by atoms with E-state index in [1.165, 1.54) is 5.56 Å². The minimum atomic E-state index is -0.764. The topological polar surface area (TPSA) is 50.2 Å². The molecule has 0 amide bonds. The average Bonchev–Trinajstić information content (AvgIpc) is 2.33. The van der Waals surface area contributed by atoms with Gasteiger partial charge < -0.3 is 5.11 Å². The van der Waals surface area contributed by atoms with E-state index in [1.807, 2.05) is 25.1 Å². The van der Waals surface area contributed by atoms with Crippen molar-refractivity contribution in [3.8, 4) is 0 Å². The maximum atomic E-state index is 10.8. The maximum absolute atomic E-state index is 10.8. The van der Waals surface area contributed by atoms with Gasteiger partial charge in [0, 0.05) is 17.5 Å². The SMILES string of the molecule is Cc1cc(CCC(=O)O)c2cccc(C(C)(C)C)c2n1. The highest BCUT2D eigenvalue weighted by molar-refractivity contribution is 5.86. The van der Waals surface area contributed by atoms with E-state index >= 15 is 0 Å². The van der Waals surface area contributed by atoms with Crippen LogP contribution in [0.4, 0.5) is 0 Å². The zero-order valence-electron chi connectivity index (χ0n) is 12.5. The van der Waals surface area contributed by atoms with Gasteiger partial charge in [0.05, 0.1) is 5.52 Å². The summed E-state index contributed by atoms with van der Waals surface area (Å²) in [7, 11) is 0. The van der Waals surface area contributed by atoms with E-state index in [-0.39, 0.29) is 11.8 Å². The minimum absolute atomic E-state index is 0.0182. The number of carbonyl (C=O) groups is 1. The number of rotatable bonds is 3. The van der Waals surface area contributed by atoms with Gasteiger partial charge in [-0.15, -0.1) is 0 Å². The number of aliphatic carboxylic acids is 1. The summed E-state index contributed by atoms with van der Waals surface area (Å²) in [6.45, 7) is 8.47. The molecule has 0 aliphatic rings. The number of aryl methyl sites for hydroxylation is 2. The molecular weight excluding hydrogens is 250 g/mol. The van der Waals surface area contributed by atoms with Crippen LogP contribution in [-0.4, -0.2) is 16.1 Å². The van der Waals surface area contributed by atoms with Crippen molar-refractivity contribution < 1.29 is 9.90 Å². The molecule has 0 saturated heterocycles. The molecule has 0 spiro atoms. The summed E-state index contributed by atoms with van der Waals surface area (Å²) < 4.78 is 0. The number of pyridine rings is 1. The van der Waals surface area contributed by atoms with Crippen LogP contribution in [0, 0.1) is 6.92 Å². The van der Waals surface area contributed by atoms with Crippen molar-refractivity contribution in [2.45, 2.75) is 46.0 Å². The number of para-hydroxylation sites is 1. The smallest absolute Gasteiger partial charge is 0.303 e. The first-order valence-corrected chi connectivity index (χ1v) is 6.90. The molecule has 2 rings (SSSR count). The molecule has 0 aliphatic heterocycles. The van der Waals surface area contributed by atoms with Crippen LogP contribution < -0.4 is 0 Å². The highest BCUT2D eigenvalue weighted by atomic mass is 16.4. The zero-order chi connectivity index (χ0) is 14.9. The van der Waals surface area contributed by atoms with Crippen molar-refractivity contribution in [1.82, 2.24) is 4.98 Å². The Morgan fingerprint density at radius 3 is 2.60 bits per heavy atom. The van der Waals surface area contributed by atoms with Gasteiger partial charge >= 0.3 is 5.97 Å². The first-order chi connectivity index (χ1) is 9.29. The molecule has 20 heavy (non-hydrogen) atoms. The number of benzene rings is 1. The summed E-state index contributed by atoms with van der Waals surface area (Å²) in [5, 5.41) is 9.96. The molecule has 106 valence electrons. The van der Waals surface area contributed by atoms with Crippen molar-refractivity contribution in [3.63, 3.8) is 0 Å². The van der Waals surface area contributed by atoms with Crippen molar-refractivity contribution >= 4 is 16.9 Å². The Kier molecular flexibility index (Phi) is 3.80. The maximum Gasteiger partial charge on any atom is 0.303 e. The number of carboxylic acid groups (broad SMARTS) is 1. The van der Waals surface area contributed by atoms with Crippen molar-refractivity contribution in [3.05, 3.63) is 41.1 Å². The third-order valence-corrected chi connectivity index (χ3v) is 3.47. The monoisotopic (exact) mass is 271 g/mol. The fourth-order valence-corrected chi connectivity index (χ4v) is 2.52. The number of hydrogen-bond donors (Lipinski definition) is 1. The summed E-state index contributed by atoms with van der Waals surface area (Å²) in [6, 6.07) is 8.17. The number of hydrogen-bond acceptors (Lipinski definition) is 2. The second-order valence-electron chi connectivity index (χ2n) is 6.27. The van der Waals surface area contributed by atoms with E-state index < -0.39 is 5.97 Å². The molecule has 0 radical (unpaired) electrons. The number of carboxylic acids is 1. The molecule has 0 fully saturated rings. The summed E-state index contributed by atoms with van der Waals surface area (Å²) in [5.74, 6) is -0.764. The van der Waals surface area contributed by atoms with Gasteiger partial charge in [-0.3, -0.25) is 9.78 Å². The lowest BCUT2D eigenvalue weighted by molar-refractivity contribution is -0.136. The molecule has 2 aromatic rings. The molecule has 3 nitrogen and oxygen atoms in total. The Morgan fingerprint density at radius 2 is 2.00 bits per heavy atom. The average molecular weight is 271 g/mol. The minimum Gasteiger partial charge on any atom is -0.481 e. The van der Waals surface area contributed by atoms with Gasteiger partial charge in [-0.2, -0.15) is 0 Å². The van der Waals surface area contributed by atoms with Gasteiger partial charge in [-0.1, -0.05) is 39.0 Å². The Morgan fingerprint density at radius 1 is 1.30 bits per heavy atom. The van der Waals surface area contributed by atoms with Crippen LogP contribution in [-0.2, 0) is 16.6 Å². The van der Waals surface area contributed by atoms with Crippen LogP contribution in [0.1, 0.15) is 44.0 Å². The van der Waals surface area contributed by atoms with E-state index in [1.54, 1.807) is 0 Å². The van der Waals surface area contributed by atoms with Gasteiger partial charge in [0.15, 0.2) is 0 Å². The lowest BCUT2D eigenvalue weighted by atomic mass is 9.84. The van der Waals surface area contributed by atoms with E-state index in [2.05, 4.69) is 31.8 Å². The molecule has 0 aliphatic carbocycles. The lowest BCUT2D eigenvalue weighted by Gasteiger charge is -2.21. The Hall–Kier alpha value is -1.90. The second kappa shape index (κ2) is 5.23. The standard InChI is InChI=1S/C17H21NO2/c1-11-10-12(8-9-15(19)20)13-6-5-7-14(16(13)18-11)17(2,3)4/h5-7,10H,8-9H2,1-4H3,(H,19,20). The van der Waals surface area contributed by atoms with Crippen LogP contribution in [0.2, 0.25) is 0 Å². The molecule has 0 unspecified atom stereocenters. The highest BCUT2D eigenvalue weighted by Gasteiger charge is 2.18. The Bertz CT molecular complexity index is 654. The summed E-state index contributed by atoms with van der Waals surface area (Å²) in [4.78, 5) is 15.5. The van der Waals surface area contributed by atoms with Crippen LogP contribution in [0.5, 0.6) is 0 Å². The lowest BCUT2D eigenvalue weighted by Crippen LogP contribution is -2.13. The van der Waals surface area contributed by atoms with Crippen LogP contribution >= 0.6 is 0 Å². The molecular formula is C17H21NO2. The van der Waals surface area contributed by atoms with E-state index in [0.29, 0.717) is 6.42 Å². The number of nitrogens with zero attached hydrogens (tertiary/aromatic N) is 1. The molecule has 1 aromatic carbocycles. The van der Waals surface area contributed by atoms with Crippen molar-refractivity contribution in [2.24, 2.45) is 0 Å². The largest absolute Gasteiger partial charge is 0.481 e. The third kappa shape index (κ3) is 2.98. The predicted octanol–water partition coefficient (Wildman–Crippen LogP) is 3.86. The van der Waals surface area contributed by atoms with Gasteiger partial charge in [0.1, 0.15) is 0 Å². The second-order valence-corrected chi connectivity index (χ2v) is 6.27. The number of fused-ring (bicyclic) bond motifs is 1. The summed E-state index contributed by atoms with van der Waals surface area (Å²) in [6.07, 6.45) is 0.696. The molecule has 1 N–H and O–H groups in total. The Balaban J connectivity index is 2.63. The van der Waals surface area contributed by atoms with E-state index in [9.17, 15) is 4.79 Å². The van der Waals surface area contributed by atoms with Crippen LogP contribution in [0.3, 0.4) is 0 Å². The highest BCUT2D eigenvalue weighted by Crippen LogP contribution is 2.31. The van der Waals surface area contributed by atoms with Crippen LogP contribution in [0.15, 0.2) is 24.3 Å². The predicted molar refractivity (Wildman–Crippen MR) is 81.1 cm³/mol. The normalized spacial score (nSPS) is 11.8. The van der Waals surface area contributed by atoms with Gasteiger partial charge in [-0.25, -0.2) is 0 Å². The molecule has 0 atom stereocenters. The summed E-state index contributed by atoms with van der Waals surface area (Å²) in [5.41, 5.74) is 4.23. The van der Waals surface area contributed by atoms with Gasteiger partial charge in [0.25, 0.3) is 0 Å². The van der Waals surface area contributed by atoms with E-state index in [4.69, 9.17) is 5.11 Å². The van der Waals surface area contributed by atoms with Crippen LogP contribution in [0.25, 0.3) is 10.9 Å². The molecule has 0 saturated carbocycles. The first-order valence-electron chi connectivity index (χ1n) is 6.90. The number of aromatic nitrogens is 1. The Labute approximate surface area is 119 Å². The molecule has 1 heterocycles. The molecule has 3 heteroatoms. The van der Waals surface area contributed by atoms with E-state index in [0.717, 1.165) is 22.2 Å². The summed E-state index contributed by atoms with van der Waals surface area (Å²) >= 11 is 0. The third-order valence-electron chi connectivity index (χ3n) is 3.47. The molecule has 1 aromatic heterocycles.